The molecule has 4 nitrogen and oxygen atoms in total. The van der Waals surface area contributed by atoms with Crippen LogP contribution in [0.2, 0.25) is 0 Å². The monoisotopic (exact) mass is 176 g/mol. The van der Waals surface area contributed by atoms with Gasteiger partial charge in [-0.2, -0.15) is 0 Å². The lowest BCUT2D eigenvalue weighted by Crippen LogP contribution is -2.18. The molecule has 74 valence electrons. The quantitative estimate of drug-likeness (QED) is 0.463. The van der Waals surface area contributed by atoms with Crippen LogP contribution >= 0.6 is 0 Å². The van der Waals surface area contributed by atoms with E-state index < -0.39 is 0 Å². The number of ether oxygens (including phenoxy) is 2. The Morgan fingerprint density at radius 1 is 0.750 bits per heavy atom. The minimum atomic E-state index is 0.686. The summed E-state index contributed by atoms with van der Waals surface area (Å²) >= 11 is 0. The summed E-state index contributed by atoms with van der Waals surface area (Å²) < 4.78 is 10.5. The van der Waals surface area contributed by atoms with Gasteiger partial charge in [-0.15, -0.1) is 0 Å². The summed E-state index contributed by atoms with van der Waals surface area (Å²) in [6.45, 7) is 4.68. The van der Waals surface area contributed by atoms with Gasteiger partial charge in [0.2, 0.25) is 0 Å². The molecule has 0 saturated heterocycles. The van der Waals surface area contributed by atoms with Gasteiger partial charge in [0.05, 0.1) is 26.4 Å². The van der Waals surface area contributed by atoms with E-state index in [1.54, 1.807) is 0 Å². The summed E-state index contributed by atoms with van der Waals surface area (Å²) in [6.07, 6.45) is 0. The molecule has 0 aromatic carbocycles. The van der Waals surface area contributed by atoms with Crippen LogP contribution in [0.15, 0.2) is 0 Å². The Kier molecular flexibility index (Phi) is 10.7. The molecule has 0 aliphatic rings. The highest BCUT2D eigenvalue weighted by Gasteiger charge is 1.88. The smallest absolute Gasteiger partial charge is 0.0701 e. The zero-order valence-electron chi connectivity index (χ0n) is 8.06. The molecule has 0 spiro atoms. The van der Waals surface area contributed by atoms with E-state index in [0.717, 1.165) is 26.3 Å². The Morgan fingerprint density at radius 3 is 1.50 bits per heavy atom. The molecule has 0 rings (SSSR count). The molecule has 0 saturated carbocycles. The minimum absolute atomic E-state index is 0.686. The summed E-state index contributed by atoms with van der Waals surface area (Å²) in [5, 5.41) is 6.01. The van der Waals surface area contributed by atoms with Crippen molar-refractivity contribution in [1.29, 1.82) is 0 Å². The molecule has 2 N–H and O–H groups in total. The molecule has 0 atom stereocenters. The lowest BCUT2D eigenvalue weighted by atomic mass is 10.6. The van der Waals surface area contributed by atoms with Crippen molar-refractivity contribution in [3.05, 3.63) is 0 Å². The second-order valence-corrected chi connectivity index (χ2v) is 2.43. The Bertz CT molecular complexity index is 71.5. The predicted octanol–water partition coefficient (Wildman–Crippen LogP) is -0.542. The average Bonchev–Trinajstić information content (AvgIpc) is 2.10. The molecular weight excluding hydrogens is 156 g/mol. The second kappa shape index (κ2) is 10.8. The maximum Gasteiger partial charge on any atom is 0.0701 e. The van der Waals surface area contributed by atoms with Gasteiger partial charge < -0.3 is 20.1 Å². The topological polar surface area (TPSA) is 42.5 Å². The van der Waals surface area contributed by atoms with Crippen LogP contribution in [0.25, 0.3) is 0 Å². The van der Waals surface area contributed by atoms with Gasteiger partial charge in [0, 0.05) is 13.1 Å². The molecule has 0 aliphatic carbocycles. The molecule has 0 aromatic heterocycles. The van der Waals surface area contributed by atoms with Crippen molar-refractivity contribution in [3.63, 3.8) is 0 Å². The van der Waals surface area contributed by atoms with Crippen LogP contribution in [0.3, 0.4) is 0 Å². The standard InChI is InChI=1S/C8H20N2O2/c1-9-3-5-11-7-8-12-6-4-10-2/h9-10H,3-8H2,1-2H3. The molecule has 4 heteroatoms. The first kappa shape index (κ1) is 11.8. The molecule has 0 aliphatic heterocycles. The average molecular weight is 176 g/mol. The van der Waals surface area contributed by atoms with Crippen LogP contribution < -0.4 is 10.6 Å². The van der Waals surface area contributed by atoms with Gasteiger partial charge in [0.25, 0.3) is 0 Å². The summed E-state index contributed by atoms with van der Waals surface area (Å²) in [4.78, 5) is 0. The predicted molar refractivity (Wildman–Crippen MR) is 49.5 cm³/mol. The first-order valence-corrected chi connectivity index (χ1v) is 4.36. The van der Waals surface area contributed by atoms with Gasteiger partial charge in [-0.25, -0.2) is 0 Å². The summed E-state index contributed by atoms with van der Waals surface area (Å²) in [7, 11) is 3.82. The Morgan fingerprint density at radius 2 is 1.17 bits per heavy atom. The Hall–Kier alpha value is -0.160. The van der Waals surface area contributed by atoms with E-state index in [0.29, 0.717) is 13.2 Å². The molecular formula is C8H20N2O2. The molecule has 0 heterocycles. The number of hydrogen-bond donors (Lipinski definition) is 2. The lowest BCUT2D eigenvalue weighted by molar-refractivity contribution is 0.0508. The first-order valence-electron chi connectivity index (χ1n) is 4.36. The van der Waals surface area contributed by atoms with Crippen molar-refractivity contribution in [1.82, 2.24) is 10.6 Å². The zero-order chi connectivity index (χ0) is 9.07. The van der Waals surface area contributed by atoms with E-state index in [4.69, 9.17) is 9.47 Å². The van der Waals surface area contributed by atoms with Crippen molar-refractivity contribution in [2.45, 2.75) is 0 Å². The van der Waals surface area contributed by atoms with Crippen LogP contribution in [-0.2, 0) is 9.47 Å². The zero-order valence-corrected chi connectivity index (χ0v) is 8.06. The summed E-state index contributed by atoms with van der Waals surface area (Å²) in [6, 6.07) is 0. The Labute approximate surface area is 74.6 Å². The van der Waals surface area contributed by atoms with E-state index in [2.05, 4.69) is 10.6 Å². The van der Waals surface area contributed by atoms with Crippen LogP contribution in [-0.4, -0.2) is 53.6 Å². The molecule has 0 radical (unpaired) electrons. The molecule has 0 aromatic rings. The van der Waals surface area contributed by atoms with Crippen LogP contribution in [0.4, 0.5) is 0 Å². The van der Waals surface area contributed by atoms with Gasteiger partial charge in [-0.1, -0.05) is 0 Å². The molecule has 12 heavy (non-hydrogen) atoms. The molecule has 0 amide bonds. The van der Waals surface area contributed by atoms with E-state index in [1.165, 1.54) is 0 Å². The van der Waals surface area contributed by atoms with E-state index >= 15 is 0 Å². The van der Waals surface area contributed by atoms with Gasteiger partial charge >= 0.3 is 0 Å². The summed E-state index contributed by atoms with van der Waals surface area (Å²) in [5.41, 5.74) is 0. The van der Waals surface area contributed by atoms with Crippen molar-refractivity contribution < 1.29 is 9.47 Å². The maximum absolute atomic E-state index is 5.25. The normalized spacial score (nSPS) is 10.5. The van der Waals surface area contributed by atoms with Crippen molar-refractivity contribution in [2.75, 3.05) is 53.6 Å². The fourth-order valence-electron chi connectivity index (χ4n) is 0.670. The number of rotatable bonds is 9. The third kappa shape index (κ3) is 9.84. The van der Waals surface area contributed by atoms with E-state index in [9.17, 15) is 0 Å². The van der Waals surface area contributed by atoms with Crippen LogP contribution in [0.1, 0.15) is 0 Å². The van der Waals surface area contributed by atoms with Crippen molar-refractivity contribution >= 4 is 0 Å². The van der Waals surface area contributed by atoms with Crippen LogP contribution in [0.5, 0.6) is 0 Å². The summed E-state index contributed by atoms with van der Waals surface area (Å²) in [5.74, 6) is 0. The van der Waals surface area contributed by atoms with E-state index in [1.807, 2.05) is 14.1 Å². The third-order valence-corrected chi connectivity index (χ3v) is 1.36. The first-order chi connectivity index (χ1) is 5.91. The molecule has 0 unspecified atom stereocenters. The highest BCUT2D eigenvalue weighted by atomic mass is 16.5. The van der Waals surface area contributed by atoms with Gasteiger partial charge in [0.15, 0.2) is 0 Å². The maximum atomic E-state index is 5.25. The van der Waals surface area contributed by atoms with E-state index in [-0.39, 0.29) is 0 Å². The third-order valence-electron chi connectivity index (χ3n) is 1.36. The highest BCUT2D eigenvalue weighted by molar-refractivity contribution is 4.38. The van der Waals surface area contributed by atoms with Gasteiger partial charge in [-0.3, -0.25) is 0 Å². The number of likely N-dealkylation sites (N-methyl/N-ethyl adjacent to an activating group) is 2. The SMILES string of the molecule is CNCCOCCOCCNC. The van der Waals surface area contributed by atoms with Crippen molar-refractivity contribution in [2.24, 2.45) is 0 Å². The lowest BCUT2D eigenvalue weighted by Gasteiger charge is -2.04. The second-order valence-electron chi connectivity index (χ2n) is 2.43. The number of hydrogen-bond acceptors (Lipinski definition) is 4. The fourth-order valence-corrected chi connectivity index (χ4v) is 0.670. The largest absolute Gasteiger partial charge is 0.378 e. The minimum Gasteiger partial charge on any atom is -0.378 e. The Balaban J connectivity index is 2.73. The number of nitrogens with one attached hydrogen (secondary N) is 2. The molecule has 0 fully saturated rings. The molecule has 0 bridgehead atoms. The van der Waals surface area contributed by atoms with Crippen LogP contribution in [0, 0.1) is 0 Å². The highest BCUT2D eigenvalue weighted by Crippen LogP contribution is 1.76. The van der Waals surface area contributed by atoms with Crippen molar-refractivity contribution in [3.8, 4) is 0 Å². The van der Waals surface area contributed by atoms with Gasteiger partial charge in [-0.05, 0) is 14.1 Å². The van der Waals surface area contributed by atoms with Gasteiger partial charge in [0.1, 0.15) is 0 Å². The fraction of sp³-hybridized carbons (Fsp3) is 1.00.